The molecule has 3 rings (SSSR count). The van der Waals surface area contributed by atoms with Gasteiger partial charge in [0.25, 0.3) is 0 Å². The summed E-state index contributed by atoms with van der Waals surface area (Å²) in [6.45, 7) is 2.13. The lowest BCUT2D eigenvalue weighted by atomic mass is 10.1. The monoisotopic (exact) mass is 241 g/mol. The van der Waals surface area contributed by atoms with Crippen molar-refractivity contribution in [3.63, 3.8) is 0 Å². The Kier molecular flexibility index (Phi) is 2.92. The maximum atomic E-state index is 6.22. The van der Waals surface area contributed by atoms with Gasteiger partial charge in [0.15, 0.2) is 0 Å². The first-order valence-corrected chi connectivity index (χ1v) is 6.66. The Balaban J connectivity index is 2.12. The van der Waals surface area contributed by atoms with Crippen molar-refractivity contribution < 1.29 is 0 Å². The number of benzene rings is 1. The van der Waals surface area contributed by atoms with E-state index in [1.165, 1.54) is 35.3 Å². The standard InChI is InChI=1S/C15H19N3/c1-11-6-2-4-8-14(11)18-15-9-5-3-7-13(16)12(15)10-17-18/h2,4,6,8,10,13H,3,5,7,9,16H2,1H3. The number of aryl methyl sites for hydroxylation is 1. The van der Waals surface area contributed by atoms with Crippen LogP contribution in [0.2, 0.25) is 0 Å². The molecule has 2 aromatic rings. The van der Waals surface area contributed by atoms with E-state index in [4.69, 9.17) is 5.73 Å². The minimum Gasteiger partial charge on any atom is -0.324 e. The number of hydrogen-bond acceptors (Lipinski definition) is 2. The molecule has 0 radical (unpaired) electrons. The van der Waals surface area contributed by atoms with E-state index in [-0.39, 0.29) is 6.04 Å². The van der Waals surface area contributed by atoms with Crippen LogP contribution in [0.15, 0.2) is 30.5 Å². The van der Waals surface area contributed by atoms with Crippen LogP contribution in [0.5, 0.6) is 0 Å². The fourth-order valence-electron chi connectivity index (χ4n) is 2.77. The van der Waals surface area contributed by atoms with Gasteiger partial charge in [0.2, 0.25) is 0 Å². The third kappa shape index (κ3) is 1.85. The molecule has 0 amide bonds. The Bertz CT molecular complexity index is 557. The maximum absolute atomic E-state index is 6.22. The van der Waals surface area contributed by atoms with Crippen molar-refractivity contribution in [1.82, 2.24) is 9.78 Å². The number of fused-ring (bicyclic) bond motifs is 1. The Morgan fingerprint density at radius 2 is 2.11 bits per heavy atom. The molecule has 3 nitrogen and oxygen atoms in total. The molecule has 3 heteroatoms. The second kappa shape index (κ2) is 4.58. The second-order valence-electron chi connectivity index (χ2n) is 5.10. The van der Waals surface area contributed by atoms with Gasteiger partial charge in [-0.1, -0.05) is 24.6 Å². The van der Waals surface area contributed by atoms with E-state index < -0.39 is 0 Å². The molecular weight excluding hydrogens is 222 g/mol. The first kappa shape index (κ1) is 11.5. The molecule has 1 aromatic carbocycles. The number of nitrogens with zero attached hydrogens (tertiary/aromatic N) is 2. The van der Waals surface area contributed by atoms with Gasteiger partial charge in [-0.15, -0.1) is 0 Å². The zero-order valence-corrected chi connectivity index (χ0v) is 10.8. The van der Waals surface area contributed by atoms with Crippen molar-refractivity contribution in [1.29, 1.82) is 0 Å². The largest absolute Gasteiger partial charge is 0.324 e. The highest BCUT2D eigenvalue weighted by Crippen LogP contribution is 2.28. The molecule has 1 atom stereocenters. The van der Waals surface area contributed by atoms with Gasteiger partial charge < -0.3 is 5.73 Å². The first-order valence-electron chi connectivity index (χ1n) is 6.66. The second-order valence-corrected chi connectivity index (χ2v) is 5.10. The SMILES string of the molecule is Cc1ccccc1-n1ncc2c1CCCCC2N. The maximum Gasteiger partial charge on any atom is 0.0678 e. The Morgan fingerprint density at radius 3 is 2.94 bits per heavy atom. The van der Waals surface area contributed by atoms with Crippen molar-refractivity contribution in [2.45, 2.75) is 38.6 Å². The van der Waals surface area contributed by atoms with E-state index in [1.54, 1.807) is 0 Å². The van der Waals surface area contributed by atoms with E-state index in [0.29, 0.717) is 0 Å². The Morgan fingerprint density at radius 1 is 1.28 bits per heavy atom. The summed E-state index contributed by atoms with van der Waals surface area (Å²) >= 11 is 0. The lowest BCUT2D eigenvalue weighted by Gasteiger charge is -2.11. The third-order valence-electron chi connectivity index (χ3n) is 3.82. The Hall–Kier alpha value is -1.61. The van der Waals surface area contributed by atoms with Crippen LogP contribution >= 0.6 is 0 Å². The number of para-hydroxylation sites is 1. The molecule has 0 bridgehead atoms. The smallest absolute Gasteiger partial charge is 0.0678 e. The quantitative estimate of drug-likeness (QED) is 0.780. The molecule has 1 heterocycles. The average Bonchev–Trinajstić information content (AvgIpc) is 2.70. The molecule has 0 fully saturated rings. The molecule has 2 N–H and O–H groups in total. The summed E-state index contributed by atoms with van der Waals surface area (Å²) in [5.74, 6) is 0. The normalized spacial score (nSPS) is 19.3. The molecule has 0 saturated heterocycles. The first-order chi connectivity index (χ1) is 8.77. The van der Waals surface area contributed by atoms with Crippen molar-refractivity contribution in [2.75, 3.05) is 0 Å². The lowest BCUT2D eigenvalue weighted by molar-refractivity contribution is 0.611. The molecule has 0 saturated carbocycles. The van der Waals surface area contributed by atoms with Gasteiger partial charge >= 0.3 is 0 Å². The molecule has 0 aliphatic heterocycles. The van der Waals surface area contributed by atoms with E-state index in [2.05, 4.69) is 41.0 Å². The van der Waals surface area contributed by atoms with Gasteiger partial charge in [-0.05, 0) is 37.8 Å². The molecule has 1 aliphatic carbocycles. The van der Waals surface area contributed by atoms with Gasteiger partial charge in [-0.2, -0.15) is 5.10 Å². The predicted octanol–water partition coefficient (Wildman–Crippen LogP) is 2.91. The number of rotatable bonds is 1. The summed E-state index contributed by atoms with van der Waals surface area (Å²) in [5.41, 5.74) is 11.2. The fraction of sp³-hybridized carbons (Fsp3) is 0.400. The predicted molar refractivity (Wildman–Crippen MR) is 72.8 cm³/mol. The van der Waals surface area contributed by atoms with Crippen molar-refractivity contribution >= 4 is 0 Å². The summed E-state index contributed by atoms with van der Waals surface area (Å²) in [7, 11) is 0. The van der Waals surface area contributed by atoms with Gasteiger partial charge in [0.1, 0.15) is 0 Å². The molecule has 1 aromatic heterocycles. The summed E-state index contributed by atoms with van der Waals surface area (Å²) in [5, 5.41) is 4.56. The fourth-order valence-corrected chi connectivity index (χ4v) is 2.77. The number of hydrogen-bond donors (Lipinski definition) is 1. The van der Waals surface area contributed by atoms with Crippen LogP contribution in [0, 0.1) is 6.92 Å². The van der Waals surface area contributed by atoms with Crippen LogP contribution in [-0.4, -0.2) is 9.78 Å². The minimum absolute atomic E-state index is 0.153. The highest BCUT2D eigenvalue weighted by atomic mass is 15.3. The molecule has 94 valence electrons. The van der Waals surface area contributed by atoms with E-state index >= 15 is 0 Å². The van der Waals surface area contributed by atoms with E-state index in [1.807, 2.05) is 6.20 Å². The van der Waals surface area contributed by atoms with Crippen LogP contribution in [0.1, 0.15) is 42.1 Å². The van der Waals surface area contributed by atoms with Gasteiger partial charge in [0.05, 0.1) is 11.9 Å². The van der Waals surface area contributed by atoms with Gasteiger partial charge in [-0.3, -0.25) is 0 Å². The average molecular weight is 241 g/mol. The van der Waals surface area contributed by atoms with E-state index in [0.717, 1.165) is 12.8 Å². The van der Waals surface area contributed by atoms with E-state index in [9.17, 15) is 0 Å². The minimum atomic E-state index is 0.153. The third-order valence-corrected chi connectivity index (χ3v) is 3.82. The topological polar surface area (TPSA) is 43.8 Å². The summed E-state index contributed by atoms with van der Waals surface area (Å²) in [6, 6.07) is 8.53. The summed E-state index contributed by atoms with van der Waals surface area (Å²) in [4.78, 5) is 0. The van der Waals surface area contributed by atoms with Crippen LogP contribution in [0.4, 0.5) is 0 Å². The zero-order valence-electron chi connectivity index (χ0n) is 10.8. The molecule has 18 heavy (non-hydrogen) atoms. The molecule has 1 aliphatic rings. The van der Waals surface area contributed by atoms with Crippen LogP contribution in [0.3, 0.4) is 0 Å². The van der Waals surface area contributed by atoms with Crippen LogP contribution in [-0.2, 0) is 6.42 Å². The van der Waals surface area contributed by atoms with Gasteiger partial charge in [0, 0.05) is 17.3 Å². The molecule has 1 unspecified atom stereocenters. The number of aromatic nitrogens is 2. The molecular formula is C15H19N3. The zero-order chi connectivity index (χ0) is 12.5. The number of nitrogens with two attached hydrogens (primary N) is 1. The van der Waals surface area contributed by atoms with Gasteiger partial charge in [-0.25, -0.2) is 4.68 Å². The lowest BCUT2D eigenvalue weighted by Crippen LogP contribution is -2.10. The molecule has 0 spiro atoms. The van der Waals surface area contributed by atoms with Crippen molar-refractivity contribution in [2.24, 2.45) is 5.73 Å². The highest BCUT2D eigenvalue weighted by Gasteiger charge is 2.20. The Labute approximate surface area is 108 Å². The van der Waals surface area contributed by atoms with Crippen molar-refractivity contribution in [3.8, 4) is 5.69 Å². The van der Waals surface area contributed by atoms with Crippen LogP contribution < -0.4 is 5.73 Å². The summed E-state index contributed by atoms with van der Waals surface area (Å²) in [6.07, 6.45) is 6.53. The van der Waals surface area contributed by atoms with Crippen LogP contribution in [0.25, 0.3) is 5.69 Å². The van der Waals surface area contributed by atoms with Crippen molar-refractivity contribution in [3.05, 3.63) is 47.3 Å². The summed E-state index contributed by atoms with van der Waals surface area (Å²) < 4.78 is 2.08. The highest BCUT2D eigenvalue weighted by molar-refractivity contribution is 5.42.